The first kappa shape index (κ1) is 20.9. The highest BCUT2D eigenvalue weighted by molar-refractivity contribution is 8.26. The van der Waals surface area contributed by atoms with Gasteiger partial charge in [0.25, 0.3) is 5.91 Å². The van der Waals surface area contributed by atoms with Crippen LogP contribution in [0.5, 0.6) is 11.5 Å². The maximum absolute atomic E-state index is 12.3. The zero-order chi connectivity index (χ0) is 20.6. The Kier molecular flexibility index (Phi) is 7.26. The number of nitrogens with zero attached hydrogens (tertiary/aromatic N) is 1. The summed E-state index contributed by atoms with van der Waals surface area (Å²) in [6.07, 6.45) is 2.42. The van der Waals surface area contributed by atoms with Gasteiger partial charge in [0.15, 0.2) is 0 Å². The highest BCUT2D eigenvalue weighted by atomic mass is 32.2. The van der Waals surface area contributed by atoms with Crippen molar-refractivity contribution in [3.63, 3.8) is 0 Å². The molecule has 1 N–H and O–H groups in total. The van der Waals surface area contributed by atoms with Crippen LogP contribution in [-0.2, 0) is 9.59 Å². The first-order valence-corrected chi connectivity index (χ1v) is 10.1. The van der Waals surface area contributed by atoms with Crippen molar-refractivity contribution in [2.45, 2.75) is 6.42 Å². The maximum Gasteiger partial charge on any atom is 0.323 e. The van der Waals surface area contributed by atoms with Crippen molar-refractivity contribution >= 4 is 46.3 Å². The van der Waals surface area contributed by atoms with Crippen molar-refractivity contribution in [1.82, 2.24) is 4.90 Å². The van der Waals surface area contributed by atoms with Crippen molar-refractivity contribution in [2.75, 3.05) is 19.8 Å². The number of carboxylic acid groups (broad SMARTS) is 1. The molecule has 0 atom stereocenters. The lowest BCUT2D eigenvalue weighted by molar-refractivity contribution is -0.140. The Labute approximate surface area is 178 Å². The van der Waals surface area contributed by atoms with Crippen LogP contribution in [0.3, 0.4) is 0 Å². The van der Waals surface area contributed by atoms with Crippen LogP contribution in [0, 0.1) is 0 Å². The van der Waals surface area contributed by atoms with E-state index in [0.717, 1.165) is 34.4 Å². The lowest BCUT2D eigenvalue weighted by Gasteiger charge is -2.10. The predicted octanol–water partition coefficient (Wildman–Crippen LogP) is 3.82. The number of amides is 1. The minimum atomic E-state index is -1.10. The lowest BCUT2D eigenvalue weighted by Crippen LogP contribution is -2.33. The Morgan fingerprint density at radius 3 is 2.48 bits per heavy atom. The van der Waals surface area contributed by atoms with Gasteiger partial charge in [0.2, 0.25) is 0 Å². The van der Waals surface area contributed by atoms with Gasteiger partial charge in [-0.05, 0) is 35.9 Å². The van der Waals surface area contributed by atoms with E-state index in [9.17, 15) is 9.59 Å². The number of thiocarbonyl (C=S) groups is 1. The Balaban J connectivity index is 1.53. The molecule has 3 rings (SSSR count). The van der Waals surface area contributed by atoms with Gasteiger partial charge in [-0.3, -0.25) is 14.5 Å². The average molecular weight is 430 g/mol. The summed E-state index contributed by atoms with van der Waals surface area (Å²) in [5.74, 6) is 0.00941. The SMILES string of the molecule is O=C(O)CN1C(=O)/C(=C/c2cccc(OCCCOc3ccccc3)c2)SC1=S. The molecule has 150 valence electrons. The number of benzene rings is 2. The second-order valence-corrected chi connectivity index (χ2v) is 7.77. The first-order valence-electron chi connectivity index (χ1n) is 8.91. The van der Waals surface area contributed by atoms with Crippen LogP contribution in [0.15, 0.2) is 59.5 Å². The Bertz CT molecular complexity index is 930. The largest absolute Gasteiger partial charge is 0.493 e. The molecule has 1 fully saturated rings. The minimum absolute atomic E-state index is 0.245. The molecule has 0 aliphatic carbocycles. The second kappa shape index (κ2) is 10.1. The zero-order valence-electron chi connectivity index (χ0n) is 15.4. The molecule has 8 heteroatoms. The lowest BCUT2D eigenvalue weighted by atomic mass is 10.2. The fourth-order valence-corrected chi connectivity index (χ4v) is 3.83. The summed E-state index contributed by atoms with van der Waals surface area (Å²) < 4.78 is 11.6. The van der Waals surface area contributed by atoms with Crippen LogP contribution >= 0.6 is 24.0 Å². The Morgan fingerprint density at radius 2 is 1.76 bits per heavy atom. The molecule has 1 heterocycles. The third-order valence-electron chi connectivity index (χ3n) is 3.89. The molecule has 0 aromatic heterocycles. The van der Waals surface area contributed by atoms with Crippen LogP contribution in [0.1, 0.15) is 12.0 Å². The van der Waals surface area contributed by atoms with E-state index in [4.69, 9.17) is 26.8 Å². The van der Waals surface area contributed by atoms with E-state index in [1.807, 2.05) is 54.6 Å². The van der Waals surface area contributed by atoms with Crippen molar-refractivity contribution in [1.29, 1.82) is 0 Å². The summed E-state index contributed by atoms with van der Waals surface area (Å²) in [6, 6.07) is 16.9. The molecule has 1 saturated heterocycles. The van der Waals surface area contributed by atoms with Crippen molar-refractivity contribution in [3.8, 4) is 11.5 Å². The van der Waals surface area contributed by atoms with Crippen LogP contribution < -0.4 is 9.47 Å². The smallest absolute Gasteiger partial charge is 0.323 e. The summed E-state index contributed by atoms with van der Waals surface area (Å²) in [4.78, 5) is 24.7. The number of thioether (sulfide) groups is 1. The molecule has 2 aromatic carbocycles. The molecule has 0 radical (unpaired) electrons. The van der Waals surface area contributed by atoms with Gasteiger partial charge in [0.1, 0.15) is 22.4 Å². The molecule has 29 heavy (non-hydrogen) atoms. The van der Waals surface area contributed by atoms with Gasteiger partial charge in [-0.1, -0.05) is 54.3 Å². The zero-order valence-corrected chi connectivity index (χ0v) is 17.1. The van der Waals surface area contributed by atoms with Crippen molar-refractivity contribution in [2.24, 2.45) is 0 Å². The average Bonchev–Trinajstić information content (AvgIpc) is 2.96. The molecule has 1 aliphatic rings. The van der Waals surface area contributed by atoms with Gasteiger partial charge < -0.3 is 14.6 Å². The molecule has 1 aliphatic heterocycles. The molecule has 0 saturated carbocycles. The highest BCUT2D eigenvalue weighted by Crippen LogP contribution is 2.32. The summed E-state index contributed by atoms with van der Waals surface area (Å²) in [6.45, 7) is 0.614. The number of carboxylic acids is 1. The molecular weight excluding hydrogens is 410 g/mol. The number of hydrogen-bond donors (Lipinski definition) is 1. The summed E-state index contributed by atoms with van der Waals surface area (Å²) >= 11 is 6.19. The minimum Gasteiger partial charge on any atom is -0.493 e. The molecule has 6 nitrogen and oxygen atoms in total. The van der Waals surface area contributed by atoms with Gasteiger partial charge in [-0.15, -0.1) is 0 Å². The van der Waals surface area contributed by atoms with Gasteiger partial charge in [-0.25, -0.2) is 0 Å². The van der Waals surface area contributed by atoms with E-state index >= 15 is 0 Å². The normalized spacial score (nSPS) is 15.0. The molecular formula is C21H19NO5S2. The third kappa shape index (κ3) is 6.07. The summed E-state index contributed by atoms with van der Waals surface area (Å²) in [5, 5.41) is 8.90. The quantitative estimate of drug-likeness (QED) is 0.369. The number of hydrogen-bond acceptors (Lipinski definition) is 6. The van der Waals surface area contributed by atoms with Crippen LogP contribution in [0.25, 0.3) is 6.08 Å². The number of aliphatic carboxylic acids is 1. The van der Waals surface area contributed by atoms with E-state index in [1.165, 1.54) is 0 Å². The number of carbonyl (C=O) groups excluding carboxylic acids is 1. The van der Waals surface area contributed by atoms with Gasteiger partial charge >= 0.3 is 5.97 Å². The number of rotatable bonds is 9. The molecule has 0 spiro atoms. The van der Waals surface area contributed by atoms with E-state index in [2.05, 4.69) is 0 Å². The second-order valence-electron chi connectivity index (χ2n) is 6.10. The van der Waals surface area contributed by atoms with E-state index in [-0.39, 0.29) is 4.32 Å². The standard InChI is InChI=1S/C21H19NO5S2/c23-19(24)14-22-20(25)18(29-21(22)28)13-15-6-4-9-17(12-15)27-11-5-10-26-16-7-2-1-3-8-16/h1-4,6-9,12-13H,5,10-11,14H2,(H,23,24)/b18-13-. The highest BCUT2D eigenvalue weighted by Gasteiger charge is 2.33. The number of para-hydroxylation sites is 1. The van der Waals surface area contributed by atoms with Gasteiger partial charge in [-0.2, -0.15) is 0 Å². The molecule has 1 amide bonds. The third-order valence-corrected chi connectivity index (χ3v) is 5.27. The van der Waals surface area contributed by atoms with E-state index < -0.39 is 18.4 Å². The summed E-state index contributed by atoms with van der Waals surface area (Å²) in [7, 11) is 0. The van der Waals surface area contributed by atoms with Crippen molar-refractivity contribution in [3.05, 3.63) is 65.1 Å². The van der Waals surface area contributed by atoms with Crippen LogP contribution in [-0.4, -0.2) is 46.0 Å². The fraction of sp³-hybridized carbons (Fsp3) is 0.190. The van der Waals surface area contributed by atoms with E-state index in [0.29, 0.717) is 23.9 Å². The maximum atomic E-state index is 12.3. The first-order chi connectivity index (χ1) is 14.0. The van der Waals surface area contributed by atoms with Crippen LogP contribution in [0.2, 0.25) is 0 Å². The number of carbonyl (C=O) groups is 2. The van der Waals surface area contributed by atoms with Gasteiger partial charge in [0, 0.05) is 6.42 Å². The van der Waals surface area contributed by atoms with Crippen LogP contribution in [0.4, 0.5) is 0 Å². The van der Waals surface area contributed by atoms with Gasteiger partial charge in [0.05, 0.1) is 18.1 Å². The monoisotopic (exact) mass is 429 g/mol. The molecule has 2 aromatic rings. The van der Waals surface area contributed by atoms with E-state index in [1.54, 1.807) is 6.08 Å². The topological polar surface area (TPSA) is 76.1 Å². The summed E-state index contributed by atoms with van der Waals surface area (Å²) in [5.41, 5.74) is 0.777. The Morgan fingerprint density at radius 1 is 1.07 bits per heavy atom. The molecule has 0 unspecified atom stereocenters. The molecule has 0 bridgehead atoms. The Hall–Kier alpha value is -2.84. The predicted molar refractivity (Wildman–Crippen MR) is 116 cm³/mol. The fourth-order valence-electron chi connectivity index (χ4n) is 2.57. The number of ether oxygens (including phenoxy) is 2. The van der Waals surface area contributed by atoms with Crippen molar-refractivity contribution < 1.29 is 24.2 Å².